The number of hydrogen-bond acceptors (Lipinski definition) is 5. The van der Waals surface area contributed by atoms with Crippen molar-refractivity contribution in [1.29, 1.82) is 0 Å². The van der Waals surface area contributed by atoms with Crippen LogP contribution in [0.5, 0.6) is 0 Å². The fraction of sp³-hybridized carbons (Fsp3) is 0.286. The number of nitrogens with one attached hydrogen (secondary N) is 1. The Morgan fingerprint density at radius 3 is 3.10 bits per heavy atom. The van der Waals surface area contributed by atoms with Crippen molar-refractivity contribution in [3.8, 4) is 0 Å². The zero-order valence-electron chi connectivity index (χ0n) is 11.6. The summed E-state index contributed by atoms with van der Waals surface area (Å²) in [4.78, 5) is 16.2. The topological polar surface area (TPSA) is 72.2 Å². The highest BCUT2D eigenvalue weighted by atomic mass is 32.1. The van der Waals surface area contributed by atoms with Crippen LogP contribution in [0.1, 0.15) is 42.1 Å². The quantitative estimate of drug-likeness (QED) is 0.785. The second kappa shape index (κ2) is 6.01. The van der Waals surface area contributed by atoms with E-state index in [1.54, 1.807) is 10.9 Å². The molecule has 108 valence electrons. The van der Waals surface area contributed by atoms with E-state index in [-0.39, 0.29) is 11.9 Å². The zero-order valence-corrected chi connectivity index (χ0v) is 12.4. The number of nitrogens with zero attached hydrogens (tertiary/aromatic N) is 4. The third kappa shape index (κ3) is 2.78. The Labute approximate surface area is 125 Å². The molecule has 0 saturated heterocycles. The van der Waals surface area contributed by atoms with E-state index in [2.05, 4.69) is 27.4 Å². The molecule has 0 spiro atoms. The van der Waals surface area contributed by atoms with Gasteiger partial charge in [-0.1, -0.05) is 19.4 Å². The highest BCUT2D eigenvalue weighted by molar-refractivity contribution is 7.07. The molecule has 1 amide bonds. The first kappa shape index (κ1) is 13.7. The summed E-state index contributed by atoms with van der Waals surface area (Å²) in [7, 11) is 0. The Bertz CT molecular complexity index is 737. The second-order valence-electron chi connectivity index (χ2n) is 4.68. The highest BCUT2D eigenvalue weighted by Gasteiger charge is 2.20. The zero-order chi connectivity index (χ0) is 14.7. The smallest absolute Gasteiger partial charge is 0.271 e. The van der Waals surface area contributed by atoms with Crippen LogP contribution in [-0.4, -0.2) is 25.5 Å². The maximum Gasteiger partial charge on any atom is 0.271 e. The van der Waals surface area contributed by atoms with Gasteiger partial charge in [0.1, 0.15) is 5.69 Å². The molecule has 1 atom stereocenters. The van der Waals surface area contributed by atoms with E-state index >= 15 is 0 Å². The van der Waals surface area contributed by atoms with Gasteiger partial charge in [0.15, 0.2) is 11.5 Å². The van der Waals surface area contributed by atoms with Crippen molar-refractivity contribution in [1.82, 2.24) is 24.9 Å². The summed E-state index contributed by atoms with van der Waals surface area (Å²) >= 11 is 1.40. The van der Waals surface area contributed by atoms with Gasteiger partial charge in [0.25, 0.3) is 5.91 Å². The average molecular weight is 301 g/mol. The van der Waals surface area contributed by atoms with E-state index in [0.29, 0.717) is 5.69 Å². The molecule has 0 aromatic carbocycles. The van der Waals surface area contributed by atoms with Crippen LogP contribution in [0.4, 0.5) is 0 Å². The van der Waals surface area contributed by atoms with E-state index in [1.165, 1.54) is 11.3 Å². The molecular formula is C14H15N5OS. The Morgan fingerprint density at radius 2 is 2.33 bits per heavy atom. The first-order valence-electron chi connectivity index (χ1n) is 6.78. The van der Waals surface area contributed by atoms with Crippen molar-refractivity contribution < 1.29 is 4.79 Å². The summed E-state index contributed by atoms with van der Waals surface area (Å²) in [6.07, 6.45) is 3.64. The Balaban J connectivity index is 1.89. The minimum Gasteiger partial charge on any atom is -0.341 e. The largest absolute Gasteiger partial charge is 0.341 e. The van der Waals surface area contributed by atoms with Crippen molar-refractivity contribution in [2.45, 2.75) is 25.8 Å². The number of amides is 1. The third-order valence-corrected chi connectivity index (χ3v) is 3.79. The molecule has 0 aliphatic carbocycles. The molecule has 1 unspecified atom stereocenters. The van der Waals surface area contributed by atoms with E-state index in [1.807, 2.05) is 28.8 Å². The van der Waals surface area contributed by atoms with Crippen LogP contribution in [0.15, 0.2) is 35.3 Å². The van der Waals surface area contributed by atoms with Gasteiger partial charge in [-0.25, -0.2) is 4.98 Å². The van der Waals surface area contributed by atoms with Crippen LogP contribution in [0.25, 0.3) is 5.65 Å². The van der Waals surface area contributed by atoms with Gasteiger partial charge in [-0.05, 0) is 18.6 Å². The van der Waals surface area contributed by atoms with Crippen LogP contribution in [0.2, 0.25) is 0 Å². The van der Waals surface area contributed by atoms with Gasteiger partial charge in [-0.15, -0.1) is 21.5 Å². The van der Waals surface area contributed by atoms with Gasteiger partial charge in [-0.3, -0.25) is 9.20 Å². The first-order chi connectivity index (χ1) is 10.3. The normalized spacial score (nSPS) is 12.4. The molecule has 1 N–H and O–H groups in total. The first-order valence-corrected chi connectivity index (χ1v) is 7.72. The summed E-state index contributed by atoms with van der Waals surface area (Å²) in [5, 5.41) is 13.1. The van der Waals surface area contributed by atoms with Crippen LogP contribution in [-0.2, 0) is 0 Å². The summed E-state index contributed by atoms with van der Waals surface area (Å²) in [6, 6.07) is 5.55. The lowest BCUT2D eigenvalue weighted by Gasteiger charge is -2.15. The monoisotopic (exact) mass is 301 g/mol. The molecule has 0 saturated carbocycles. The molecule has 6 nitrogen and oxygen atoms in total. The lowest BCUT2D eigenvalue weighted by Crippen LogP contribution is -2.30. The number of carbonyl (C=O) groups excluding carboxylic acids is 1. The number of rotatable bonds is 5. The molecule has 0 aliphatic rings. The van der Waals surface area contributed by atoms with Gasteiger partial charge in [0.2, 0.25) is 0 Å². The van der Waals surface area contributed by atoms with E-state index in [9.17, 15) is 4.79 Å². The summed E-state index contributed by atoms with van der Waals surface area (Å²) in [6.45, 7) is 2.07. The summed E-state index contributed by atoms with van der Waals surface area (Å²) < 4.78 is 1.90. The Kier molecular flexibility index (Phi) is 3.92. The minimum atomic E-state index is -0.179. The van der Waals surface area contributed by atoms with Gasteiger partial charge >= 0.3 is 0 Å². The van der Waals surface area contributed by atoms with E-state index in [4.69, 9.17) is 0 Å². The number of carbonyl (C=O) groups is 1. The predicted octanol–water partition coefficient (Wildman–Crippen LogP) is 2.46. The number of hydrogen-bond donors (Lipinski definition) is 1. The number of aromatic nitrogens is 4. The fourth-order valence-corrected chi connectivity index (χ4v) is 2.74. The molecule has 3 aromatic rings. The molecule has 0 radical (unpaired) electrons. The van der Waals surface area contributed by atoms with E-state index in [0.717, 1.165) is 24.3 Å². The predicted molar refractivity (Wildman–Crippen MR) is 80.2 cm³/mol. The SMILES string of the molecule is CCCC(NC(=O)c1cscn1)c1nnc2ccccn12. The van der Waals surface area contributed by atoms with Gasteiger partial charge in [-0.2, -0.15) is 0 Å². The molecular weight excluding hydrogens is 286 g/mol. The van der Waals surface area contributed by atoms with Gasteiger partial charge in [0, 0.05) is 11.6 Å². The molecule has 7 heteroatoms. The summed E-state index contributed by atoms with van der Waals surface area (Å²) in [5.74, 6) is 0.568. The second-order valence-corrected chi connectivity index (χ2v) is 5.39. The van der Waals surface area contributed by atoms with Crippen LogP contribution in [0.3, 0.4) is 0 Å². The molecule has 0 aliphatic heterocycles. The Morgan fingerprint density at radius 1 is 1.43 bits per heavy atom. The van der Waals surface area contributed by atoms with Crippen molar-refractivity contribution in [3.63, 3.8) is 0 Å². The van der Waals surface area contributed by atoms with E-state index < -0.39 is 0 Å². The average Bonchev–Trinajstić information content (AvgIpc) is 3.16. The molecule has 3 rings (SSSR count). The maximum absolute atomic E-state index is 12.2. The lowest BCUT2D eigenvalue weighted by atomic mass is 10.1. The van der Waals surface area contributed by atoms with Crippen molar-refractivity contribution >= 4 is 22.9 Å². The maximum atomic E-state index is 12.2. The summed E-state index contributed by atoms with van der Waals surface area (Å²) in [5.41, 5.74) is 2.86. The number of pyridine rings is 1. The van der Waals surface area contributed by atoms with Crippen LogP contribution >= 0.6 is 11.3 Å². The molecule has 3 heterocycles. The molecule has 3 aromatic heterocycles. The van der Waals surface area contributed by atoms with Crippen molar-refractivity contribution in [2.24, 2.45) is 0 Å². The van der Waals surface area contributed by atoms with Crippen molar-refractivity contribution in [2.75, 3.05) is 0 Å². The highest BCUT2D eigenvalue weighted by Crippen LogP contribution is 2.18. The standard InChI is InChI=1S/C14H15N5OS/c1-2-5-10(16-14(20)11-8-21-9-15-11)13-18-17-12-6-3-4-7-19(12)13/h3-4,6-10H,2,5H2,1H3,(H,16,20). The van der Waals surface area contributed by atoms with Gasteiger partial charge < -0.3 is 5.32 Å². The Hall–Kier alpha value is -2.28. The fourth-order valence-electron chi connectivity index (χ4n) is 2.21. The number of fused-ring (bicyclic) bond motifs is 1. The molecule has 0 fully saturated rings. The lowest BCUT2D eigenvalue weighted by molar-refractivity contribution is 0.0928. The molecule has 21 heavy (non-hydrogen) atoms. The minimum absolute atomic E-state index is 0.178. The number of thiazole rings is 1. The van der Waals surface area contributed by atoms with Gasteiger partial charge in [0.05, 0.1) is 11.6 Å². The van der Waals surface area contributed by atoms with Crippen LogP contribution in [0, 0.1) is 0 Å². The molecule has 0 bridgehead atoms. The third-order valence-electron chi connectivity index (χ3n) is 3.20. The van der Waals surface area contributed by atoms with Crippen molar-refractivity contribution in [3.05, 3.63) is 46.8 Å². The van der Waals surface area contributed by atoms with Crippen LogP contribution < -0.4 is 5.32 Å².